The molecule has 0 aliphatic carbocycles. The van der Waals surface area contributed by atoms with Gasteiger partial charge in [-0.1, -0.05) is 0 Å². The average molecular weight is 144 g/mol. The lowest BCUT2D eigenvalue weighted by molar-refractivity contribution is 0.396. The van der Waals surface area contributed by atoms with Crippen molar-refractivity contribution in [3.05, 3.63) is 0 Å². The normalized spacial score (nSPS) is 13.3. The number of halogens is 2. The van der Waals surface area contributed by atoms with Crippen molar-refractivity contribution in [3.63, 3.8) is 0 Å². The summed E-state index contributed by atoms with van der Waals surface area (Å²) >= 11 is 5.54. The van der Waals surface area contributed by atoms with Gasteiger partial charge in [-0.3, -0.25) is 4.90 Å². The van der Waals surface area contributed by atoms with Crippen LogP contribution in [0.2, 0.25) is 0 Å². The predicted molar refractivity (Wildman–Crippen MR) is 36.2 cm³/mol. The fraction of sp³-hybridized carbons (Fsp3) is 1.00. The van der Waals surface area contributed by atoms with E-state index in [1.165, 1.54) is 0 Å². The first-order valence-corrected chi connectivity index (χ1v) is 2.38. The topological polar surface area (TPSA) is 3.24 Å². The molecule has 1 atom stereocenters. The standard InChI is InChI=1S/C4H10ClN.ClH/c1-4(5)6(2)3;/h4H,1-3H3;1H. The second kappa shape index (κ2) is 4.69. The summed E-state index contributed by atoms with van der Waals surface area (Å²) in [6.45, 7) is 1.93. The Kier molecular flexibility index (Phi) is 7.04. The Morgan fingerprint density at radius 2 is 1.57 bits per heavy atom. The molecule has 46 valence electrons. The summed E-state index contributed by atoms with van der Waals surface area (Å²) in [6, 6.07) is 0. The summed E-state index contributed by atoms with van der Waals surface area (Å²) < 4.78 is 0. The number of nitrogens with zero attached hydrogens (tertiary/aromatic N) is 1. The van der Waals surface area contributed by atoms with Gasteiger partial charge in [0.1, 0.15) is 0 Å². The van der Waals surface area contributed by atoms with E-state index < -0.39 is 0 Å². The molecule has 0 aromatic heterocycles. The average Bonchev–Trinajstić information content (AvgIpc) is 1.36. The van der Waals surface area contributed by atoms with Crippen LogP contribution >= 0.6 is 24.0 Å². The lowest BCUT2D eigenvalue weighted by Crippen LogP contribution is -2.17. The molecule has 1 nitrogen and oxygen atoms in total. The third kappa shape index (κ3) is 6.54. The maximum Gasteiger partial charge on any atom is 0.0816 e. The quantitative estimate of drug-likeness (QED) is 0.398. The van der Waals surface area contributed by atoms with Crippen LogP contribution in [0.3, 0.4) is 0 Å². The highest BCUT2D eigenvalue weighted by molar-refractivity contribution is 6.20. The van der Waals surface area contributed by atoms with E-state index >= 15 is 0 Å². The highest BCUT2D eigenvalue weighted by atomic mass is 35.5. The third-order valence-electron chi connectivity index (χ3n) is 0.712. The van der Waals surface area contributed by atoms with Crippen LogP contribution in [0.25, 0.3) is 0 Å². The summed E-state index contributed by atoms with van der Waals surface area (Å²) in [6.07, 6.45) is 0. The molecule has 0 aromatic carbocycles. The number of rotatable bonds is 1. The zero-order valence-electron chi connectivity index (χ0n) is 4.81. The van der Waals surface area contributed by atoms with Crippen molar-refractivity contribution < 1.29 is 0 Å². The molecule has 0 rings (SSSR count). The second-order valence-corrected chi connectivity index (χ2v) is 2.17. The van der Waals surface area contributed by atoms with Crippen molar-refractivity contribution in [2.75, 3.05) is 14.1 Å². The number of hydrogen-bond donors (Lipinski definition) is 0. The molecule has 7 heavy (non-hydrogen) atoms. The molecule has 0 saturated carbocycles. The molecule has 1 unspecified atom stereocenters. The molecule has 0 radical (unpaired) electrons. The van der Waals surface area contributed by atoms with Gasteiger partial charge in [-0.25, -0.2) is 0 Å². The summed E-state index contributed by atoms with van der Waals surface area (Å²) in [5.41, 5.74) is 0.157. The van der Waals surface area contributed by atoms with Crippen molar-refractivity contribution in [2.45, 2.75) is 12.4 Å². The maximum atomic E-state index is 5.54. The highest BCUT2D eigenvalue weighted by Crippen LogP contribution is 1.93. The summed E-state index contributed by atoms with van der Waals surface area (Å²) in [4.78, 5) is 1.93. The Morgan fingerprint density at radius 1 is 1.43 bits per heavy atom. The van der Waals surface area contributed by atoms with Crippen LogP contribution in [0.5, 0.6) is 0 Å². The minimum absolute atomic E-state index is 0. The largest absolute Gasteiger partial charge is 0.294 e. The van der Waals surface area contributed by atoms with Crippen molar-refractivity contribution in [1.82, 2.24) is 4.90 Å². The van der Waals surface area contributed by atoms with E-state index in [0.717, 1.165) is 0 Å². The van der Waals surface area contributed by atoms with E-state index in [1.807, 2.05) is 25.9 Å². The zero-order chi connectivity index (χ0) is 5.15. The minimum atomic E-state index is 0. The van der Waals surface area contributed by atoms with E-state index in [2.05, 4.69) is 0 Å². The molecule has 0 aromatic rings. The molecule has 0 spiro atoms. The zero-order valence-corrected chi connectivity index (χ0v) is 6.38. The van der Waals surface area contributed by atoms with E-state index in [-0.39, 0.29) is 17.9 Å². The SMILES string of the molecule is CC(Cl)N(C)C.Cl. The van der Waals surface area contributed by atoms with Crippen molar-refractivity contribution in [2.24, 2.45) is 0 Å². The van der Waals surface area contributed by atoms with Crippen molar-refractivity contribution in [1.29, 1.82) is 0 Å². The molecular weight excluding hydrogens is 133 g/mol. The molecule has 0 amide bonds. The van der Waals surface area contributed by atoms with Gasteiger partial charge in [-0.05, 0) is 21.0 Å². The summed E-state index contributed by atoms with van der Waals surface area (Å²) in [7, 11) is 3.88. The number of alkyl halides is 1. The van der Waals surface area contributed by atoms with E-state index in [4.69, 9.17) is 11.6 Å². The van der Waals surface area contributed by atoms with E-state index in [1.54, 1.807) is 0 Å². The Hall–Kier alpha value is 0.540. The fourth-order valence-electron chi connectivity index (χ4n) is 0. The van der Waals surface area contributed by atoms with Gasteiger partial charge in [0.15, 0.2) is 0 Å². The van der Waals surface area contributed by atoms with Gasteiger partial charge < -0.3 is 0 Å². The maximum absolute atomic E-state index is 5.54. The van der Waals surface area contributed by atoms with Gasteiger partial charge >= 0.3 is 0 Å². The lowest BCUT2D eigenvalue weighted by atomic mass is 10.7. The first kappa shape index (κ1) is 10.5. The Bertz CT molecular complexity index is 30.7. The smallest absolute Gasteiger partial charge is 0.0816 e. The monoisotopic (exact) mass is 143 g/mol. The van der Waals surface area contributed by atoms with Gasteiger partial charge in [-0.2, -0.15) is 0 Å². The molecule has 0 aliphatic heterocycles. The fourth-order valence-corrected chi connectivity index (χ4v) is 0. The van der Waals surface area contributed by atoms with Crippen LogP contribution < -0.4 is 0 Å². The van der Waals surface area contributed by atoms with Crippen LogP contribution in [0.15, 0.2) is 0 Å². The van der Waals surface area contributed by atoms with Crippen LogP contribution in [-0.4, -0.2) is 24.5 Å². The summed E-state index contributed by atoms with van der Waals surface area (Å²) in [5.74, 6) is 0. The van der Waals surface area contributed by atoms with Crippen LogP contribution in [-0.2, 0) is 0 Å². The molecule has 0 aliphatic rings. The van der Waals surface area contributed by atoms with Gasteiger partial charge in [-0.15, -0.1) is 24.0 Å². The molecular formula is C4H11Cl2N. The number of hydrogen-bond acceptors (Lipinski definition) is 1. The molecule has 0 heterocycles. The molecule has 0 saturated heterocycles. The van der Waals surface area contributed by atoms with E-state index in [9.17, 15) is 0 Å². The Balaban J connectivity index is 0. The minimum Gasteiger partial charge on any atom is -0.294 e. The Labute approximate surface area is 56.1 Å². The van der Waals surface area contributed by atoms with Gasteiger partial charge in [0.05, 0.1) is 5.50 Å². The second-order valence-electron chi connectivity index (χ2n) is 1.54. The first-order chi connectivity index (χ1) is 2.64. The van der Waals surface area contributed by atoms with Crippen LogP contribution in [0.4, 0.5) is 0 Å². The van der Waals surface area contributed by atoms with Gasteiger partial charge in [0, 0.05) is 0 Å². The van der Waals surface area contributed by atoms with Crippen molar-refractivity contribution in [3.8, 4) is 0 Å². The lowest BCUT2D eigenvalue weighted by Gasteiger charge is -2.09. The highest BCUT2D eigenvalue weighted by Gasteiger charge is 1.93. The third-order valence-corrected chi connectivity index (χ3v) is 1.10. The Morgan fingerprint density at radius 3 is 1.57 bits per heavy atom. The summed E-state index contributed by atoms with van der Waals surface area (Å²) in [5, 5.41) is 0. The van der Waals surface area contributed by atoms with Crippen LogP contribution in [0.1, 0.15) is 6.92 Å². The first-order valence-electron chi connectivity index (χ1n) is 1.95. The van der Waals surface area contributed by atoms with Crippen molar-refractivity contribution >= 4 is 24.0 Å². The molecule has 0 fully saturated rings. The van der Waals surface area contributed by atoms with Gasteiger partial charge in [0.25, 0.3) is 0 Å². The van der Waals surface area contributed by atoms with Gasteiger partial charge in [0.2, 0.25) is 0 Å². The molecule has 0 bridgehead atoms. The van der Waals surface area contributed by atoms with Crippen LogP contribution in [0, 0.1) is 0 Å². The molecule has 0 N–H and O–H groups in total. The predicted octanol–water partition coefficient (Wildman–Crippen LogP) is 1.55. The molecule has 3 heteroatoms. The van der Waals surface area contributed by atoms with E-state index in [0.29, 0.717) is 0 Å².